The lowest BCUT2D eigenvalue weighted by atomic mass is 10.3. The summed E-state index contributed by atoms with van der Waals surface area (Å²) in [7, 11) is 1.78. The molecular formula is C10H9BrFN3OS. The third kappa shape index (κ3) is 2.92. The highest BCUT2D eigenvalue weighted by atomic mass is 79.9. The number of nitrogens with zero attached hydrogens (tertiary/aromatic N) is 2. The molecule has 4 nitrogen and oxygen atoms in total. The van der Waals surface area contributed by atoms with Gasteiger partial charge in [0.1, 0.15) is 17.3 Å². The van der Waals surface area contributed by atoms with Crippen molar-refractivity contribution in [2.45, 2.75) is 6.61 Å². The third-order valence-corrected chi connectivity index (χ3v) is 3.32. The molecule has 0 spiro atoms. The van der Waals surface area contributed by atoms with Crippen molar-refractivity contribution in [2.75, 3.05) is 12.4 Å². The molecular weight excluding hydrogens is 309 g/mol. The summed E-state index contributed by atoms with van der Waals surface area (Å²) in [6.45, 7) is 0.181. The number of anilines is 1. The lowest BCUT2D eigenvalue weighted by Gasteiger charge is -2.06. The topological polar surface area (TPSA) is 47.0 Å². The van der Waals surface area contributed by atoms with Crippen LogP contribution in [0.5, 0.6) is 5.75 Å². The molecule has 0 fully saturated rings. The van der Waals surface area contributed by atoms with Gasteiger partial charge >= 0.3 is 0 Å². The molecule has 1 N–H and O–H groups in total. The van der Waals surface area contributed by atoms with Gasteiger partial charge in [0.05, 0.1) is 0 Å². The molecule has 2 rings (SSSR count). The predicted molar refractivity (Wildman–Crippen MR) is 67.9 cm³/mol. The number of nitrogens with one attached hydrogen (secondary N) is 1. The molecule has 0 aliphatic carbocycles. The summed E-state index contributed by atoms with van der Waals surface area (Å²) in [5.74, 6) is -0.211. The summed E-state index contributed by atoms with van der Waals surface area (Å²) in [6, 6.07) is 4.54. The SMILES string of the molecule is CNc1snnc1COc1cc(Br)ccc1F. The molecule has 0 amide bonds. The number of benzene rings is 1. The van der Waals surface area contributed by atoms with Gasteiger partial charge in [0, 0.05) is 23.1 Å². The Hall–Kier alpha value is -1.21. The lowest BCUT2D eigenvalue weighted by Crippen LogP contribution is -2.00. The molecule has 0 saturated carbocycles. The van der Waals surface area contributed by atoms with Gasteiger partial charge in [0.25, 0.3) is 0 Å². The van der Waals surface area contributed by atoms with Gasteiger partial charge in [-0.15, -0.1) is 5.10 Å². The zero-order valence-electron chi connectivity index (χ0n) is 8.91. The second-order valence-electron chi connectivity index (χ2n) is 3.16. The molecule has 17 heavy (non-hydrogen) atoms. The lowest BCUT2D eigenvalue weighted by molar-refractivity contribution is 0.286. The van der Waals surface area contributed by atoms with Crippen molar-refractivity contribution in [3.8, 4) is 5.75 Å². The molecule has 1 aromatic heterocycles. The number of ether oxygens (including phenoxy) is 1. The van der Waals surface area contributed by atoms with Crippen molar-refractivity contribution in [1.82, 2.24) is 9.59 Å². The highest BCUT2D eigenvalue weighted by Crippen LogP contribution is 2.24. The summed E-state index contributed by atoms with van der Waals surface area (Å²) in [5, 5.41) is 7.67. The van der Waals surface area contributed by atoms with Crippen LogP contribution in [0.3, 0.4) is 0 Å². The van der Waals surface area contributed by atoms with Gasteiger partial charge < -0.3 is 10.1 Å². The number of aromatic nitrogens is 2. The first-order chi connectivity index (χ1) is 8.20. The van der Waals surface area contributed by atoms with E-state index >= 15 is 0 Å². The summed E-state index contributed by atoms with van der Waals surface area (Å²) < 4.78 is 23.3. The summed E-state index contributed by atoms with van der Waals surface area (Å²) in [5.41, 5.74) is 0.664. The smallest absolute Gasteiger partial charge is 0.165 e. The highest BCUT2D eigenvalue weighted by molar-refractivity contribution is 9.10. The van der Waals surface area contributed by atoms with Crippen molar-refractivity contribution < 1.29 is 9.13 Å². The molecule has 0 unspecified atom stereocenters. The average molecular weight is 318 g/mol. The van der Waals surface area contributed by atoms with Gasteiger partial charge in [-0.2, -0.15) is 0 Å². The van der Waals surface area contributed by atoms with E-state index in [1.807, 2.05) is 0 Å². The van der Waals surface area contributed by atoms with Crippen molar-refractivity contribution >= 4 is 32.5 Å². The number of hydrogen-bond acceptors (Lipinski definition) is 5. The second-order valence-corrected chi connectivity index (χ2v) is 4.83. The van der Waals surface area contributed by atoms with E-state index in [4.69, 9.17) is 4.74 Å². The van der Waals surface area contributed by atoms with Crippen LogP contribution in [0.4, 0.5) is 9.39 Å². The van der Waals surface area contributed by atoms with E-state index in [-0.39, 0.29) is 12.4 Å². The van der Waals surface area contributed by atoms with Crippen molar-refractivity contribution in [2.24, 2.45) is 0 Å². The van der Waals surface area contributed by atoms with E-state index in [1.54, 1.807) is 19.2 Å². The quantitative estimate of drug-likeness (QED) is 0.941. The molecule has 0 atom stereocenters. The summed E-state index contributed by atoms with van der Waals surface area (Å²) in [6.07, 6.45) is 0. The Morgan fingerprint density at radius 2 is 2.35 bits per heavy atom. The van der Waals surface area contributed by atoms with Gasteiger partial charge in [0.2, 0.25) is 0 Å². The Kier molecular flexibility index (Phi) is 3.90. The molecule has 1 heterocycles. The van der Waals surface area contributed by atoms with E-state index in [1.165, 1.54) is 17.6 Å². The minimum Gasteiger partial charge on any atom is -0.484 e. The first kappa shape index (κ1) is 12.3. The van der Waals surface area contributed by atoms with Gasteiger partial charge in [-0.1, -0.05) is 20.4 Å². The van der Waals surface area contributed by atoms with Crippen LogP contribution in [0.15, 0.2) is 22.7 Å². The van der Waals surface area contributed by atoms with Crippen LogP contribution in [-0.2, 0) is 6.61 Å². The van der Waals surface area contributed by atoms with Crippen molar-refractivity contribution in [3.05, 3.63) is 34.2 Å². The molecule has 1 aromatic carbocycles. The molecule has 0 radical (unpaired) electrons. The molecule has 0 aliphatic rings. The number of halogens is 2. The predicted octanol–water partition coefficient (Wildman–Crippen LogP) is 3.06. The zero-order chi connectivity index (χ0) is 12.3. The first-order valence-electron chi connectivity index (χ1n) is 4.77. The molecule has 2 aromatic rings. The molecule has 0 aliphatic heterocycles. The van der Waals surface area contributed by atoms with Crippen LogP contribution >= 0.6 is 27.5 Å². The van der Waals surface area contributed by atoms with Crippen LogP contribution in [0.25, 0.3) is 0 Å². The van der Waals surface area contributed by atoms with Crippen molar-refractivity contribution in [3.63, 3.8) is 0 Å². The Morgan fingerprint density at radius 1 is 1.53 bits per heavy atom. The molecule has 7 heteroatoms. The molecule has 0 bridgehead atoms. The number of hydrogen-bond donors (Lipinski definition) is 1. The van der Waals surface area contributed by atoms with Crippen LogP contribution in [0, 0.1) is 5.82 Å². The fourth-order valence-corrected chi connectivity index (χ4v) is 2.08. The zero-order valence-corrected chi connectivity index (χ0v) is 11.3. The molecule has 0 saturated heterocycles. The first-order valence-corrected chi connectivity index (χ1v) is 6.34. The normalized spacial score (nSPS) is 10.3. The van der Waals surface area contributed by atoms with Crippen LogP contribution in [-0.4, -0.2) is 16.6 Å². The number of rotatable bonds is 4. The van der Waals surface area contributed by atoms with E-state index in [9.17, 15) is 4.39 Å². The van der Waals surface area contributed by atoms with Crippen LogP contribution < -0.4 is 10.1 Å². The van der Waals surface area contributed by atoms with Gasteiger partial charge in [-0.25, -0.2) is 4.39 Å². The summed E-state index contributed by atoms with van der Waals surface area (Å²) in [4.78, 5) is 0. The largest absolute Gasteiger partial charge is 0.484 e. The van der Waals surface area contributed by atoms with E-state index < -0.39 is 5.82 Å². The van der Waals surface area contributed by atoms with Gasteiger partial charge in [-0.3, -0.25) is 0 Å². The van der Waals surface area contributed by atoms with Gasteiger partial charge in [-0.05, 0) is 18.2 Å². The average Bonchev–Trinajstić information content (AvgIpc) is 2.77. The Labute approximate surface area is 110 Å². The van der Waals surface area contributed by atoms with E-state index in [2.05, 4.69) is 30.8 Å². The Balaban J connectivity index is 2.09. The fraction of sp³-hybridized carbons (Fsp3) is 0.200. The Bertz CT molecular complexity index is 520. The van der Waals surface area contributed by atoms with Crippen molar-refractivity contribution in [1.29, 1.82) is 0 Å². The standard InChI is InChI=1S/C10H9BrFN3OS/c1-13-10-8(14-15-17-10)5-16-9-4-6(11)2-3-7(9)12/h2-4,13H,5H2,1H3. The fourth-order valence-electron chi connectivity index (χ4n) is 1.23. The third-order valence-electron chi connectivity index (χ3n) is 2.04. The van der Waals surface area contributed by atoms with E-state index in [0.717, 1.165) is 9.47 Å². The summed E-state index contributed by atoms with van der Waals surface area (Å²) >= 11 is 4.50. The maximum Gasteiger partial charge on any atom is 0.165 e. The highest BCUT2D eigenvalue weighted by Gasteiger charge is 2.09. The minimum atomic E-state index is -0.401. The second kappa shape index (κ2) is 5.42. The Morgan fingerprint density at radius 3 is 3.12 bits per heavy atom. The maximum atomic E-state index is 13.4. The molecule has 90 valence electrons. The minimum absolute atomic E-state index is 0.181. The van der Waals surface area contributed by atoms with Gasteiger partial charge in [0.15, 0.2) is 11.6 Å². The van der Waals surface area contributed by atoms with Crippen LogP contribution in [0.2, 0.25) is 0 Å². The van der Waals surface area contributed by atoms with Crippen LogP contribution in [0.1, 0.15) is 5.69 Å². The maximum absolute atomic E-state index is 13.4. The monoisotopic (exact) mass is 317 g/mol. The van der Waals surface area contributed by atoms with E-state index in [0.29, 0.717) is 5.69 Å².